The maximum Gasteiger partial charge on any atom is 0.125 e. The largest absolute Gasteiger partial charge is 0.395 e. The van der Waals surface area contributed by atoms with Crippen molar-refractivity contribution in [3.8, 4) is 0 Å². The molecular weight excluding hydrogens is 152 g/mol. The molecule has 0 radical (unpaired) electrons. The Kier molecular flexibility index (Phi) is 2.05. The molecule has 1 N–H and O–H groups in total. The van der Waals surface area contributed by atoms with E-state index in [1.54, 1.807) is 0 Å². The first kappa shape index (κ1) is 8.05. The number of hydrogen-bond donors (Lipinski definition) is 1. The Morgan fingerprint density at radius 2 is 2.42 bits per heavy atom. The minimum absolute atomic E-state index is 0.450. The molecule has 2 aliphatic heterocycles. The van der Waals surface area contributed by atoms with Gasteiger partial charge in [-0.2, -0.15) is 0 Å². The molecule has 0 amide bonds. The molecule has 0 aromatic carbocycles. The predicted octanol–water partition coefficient (Wildman–Crippen LogP) is 1.01. The van der Waals surface area contributed by atoms with Crippen LogP contribution in [-0.4, -0.2) is 24.9 Å². The Morgan fingerprint density at radius 1 is 1.58 bits per heavy atom. The molecule has 0 aliphatic carbocycles. The smallest absolute Gasteiger partial charge is 0.125 e. The van der Waals surface area contributed by atoms with Crippen molar-refractivity contribution in [2.24, 2.45) is 17.0 Å². The van der Waals surface area contributed by atoms with E-state index in [-0.39, 0.29) is 0 Å². The normalized spacial score (nSPS) is 34.4. The van der Waals surface area contributed by atoms with E-state index in [0.29, 0.717) is 17.9 Å². The second-order valence-corrected chi connectivity index (χ2v) is 3.97. The molecule has 1 fully saturated rings. The van der Waals surface area contributed by atoms with Crippen LogP contribution in [0.4, 0.5) is 0 Å². The van der Waals surface area contributed by atoms with Crippen LogP contribution < -0.4 is 5.32 Å². The summed E-state index contributed by atoms with van der Waals surface area (Å²) in [7, 11) is 0. The summed E-state index contributed by atoms with van der Waals surface area (Å²) in [6, 6.07) is 0.450. The number of oxime groups is 1. The lowest BCUT2D eigenvalue weighted by Crippen LogP contribution is -2.48. The third kappa shape index (κ3) is 1.22. The Morgan fingerprint density at radius 3 is 3.17 bits per heavy atom. The SMILES string of the molecule is CC(C)C1NCCC2CON=C21. The molecule has 3 nitrogen and oxygen atoms in total. The van der Waals surface area contributed by atoms with Crippen molar-refractivity contribution in [1.29, 1.82) is 0 Å². The van der Waals surface area contributed by atoms with Crippen molar-refractivity contribution in [3.05, 3.63) is 0 Å². The highest BCUT2D eigenvalue weighted by molar-refractivity contribution is 5.93. The summed E-state index contributed by atoms with van der Waals surface area (Å²) >= 11 is 0. The number of fused-ring (bicyclic) bond motifs is 1. The van der Waals surface area contributed by atoms with Gasteiger partial charge in [0.25, 0.3) is 0 Å². The zero-order chi connectivity index (χ0) is 8.55. The van der Waals surface area contributed by atoms with Gasteiger partial charge in [-0.3, -0.25) is 0 Å². The number of hydrogen-bond acceptors (Lipinski definition) is 3. The Balaban J connectivity index is 2.13. The Hall–Kier alpha value is -0.570. The summed E-state index contributed by atoms with van der Waals surface area (Å²) in [6.45, 7) is 6.36. The molecule has 3 heteroatoms. The number of rotatable bonds is 1. The van der Waals surface area contributed by atoms with Gasteiger partial charge in [0.05, 0.1) is 11.8 Å². The number of nitrogens with zero attached hydrogens (tertiary/aromatic N) is 1. The van der Waals surface area contributed by atoms with Crippen LogP contribution >= 0.6 is 0 Å². The molecule has 2 aliphatic rings. The van der Waals surface area contributed by atoms with Crippen LogP contribution in [0.25, 0.3) is 0 Å². The maximum absolute atomic E-state index is 5.12. The summed E-state index contributed by atoms with van der Waals surface area (Å²) in [5.41, 5.74) is 1.25. The first-order valence-corrected chi connectivity index (χ1v) is 4.72. The summed E-state index contributed by atoms with van der Waals surface area (Å²) in [6.07, 6.45) is 1.18. The minimum atomic E-state index is 0.450. The number of nitrogens with one attached hydrogen (secondary N) is 1. The van der Waals surface area contributed by atoms with E-state index in [2.05, 4.69) is 24.3 Å². The van der Waals surface area contributed by atoms with Crippen molar-refractivity contribution >= 4 is 5.71 Å². The second-order valence-electron chi connectivity index (χ2n) is 3.97. The first-order chi connectivity index (χ1) is 5.79. The lowest BCUT2D eigenvalue weighted by atomic mass is 9.86. The van der Waals surface area contributed by atoms with Gasteiger partial charge in [-0.1, -0.05) is 19.0 Å². The van der Waals surface area contributed by atoms with Crippen LogP contribution in [0.2, 0.25) is 0 Å². The van der Waals surface area contributed by atoms with E-state index in [4.69, 9.17) is 4.84 Å². The van der Waals surface area contributed by atoms with Crippen molar-refractivity contribution in [1.82, 2.24) is 5.32 Å². The standard InChI is InChI=1S/C9H16N2O/c1-6(2)8-9-7(3-4-10-8)5-12-11-9/h6-8,10H,3-5H2,1-2H3. The van der Waals surface area contributed by atoms with Crippen molar-refractivity contribution < 1.29 is 4.84 Å². The fraction of sp³-hybridized carbons (Fsp3) is 0.889. The predicted molar refractivity (Wildman–Crippen MR) is 48.1 cm³/mol. The Bertz CT molecular complexity index is 201. The summed E-state index contributed by atoms with van der Waals surface area (Å²) < 4.78 is 0. The Labute approximate surface area is 73.2 Å². The van der Waals surface area contributed by atoms with Crippen LogP contribution in [0.5, 0.6) is 0 Å². The lowest BCUT2D eigenvalue weighted by Gasteiger charge is -2.29. The molecule has 0 aromatic rings. The van der Waals surface area contributed by atoms with E-state index >= 15 is 0 Å². The van der Waals surface area contributed by atoms with Crippen LogP contribution in [-0.2, 0) is 4.84 Å². The lowest BCUT2D eigenvalue weighted by molar-refractivity contribution is 0.152. The molecule has 2 atom stereocenters. The van der Waals surface area contributed by atoms with Gasteiger partial charge in [0.1, 0.15) is 6.61 Å². The molecule has 0 saturated carbocycles. The van der Waals surface area contributed by atoms with Gasteiger partial charge in [0, 0.05) is 5.92 Å². The molecule has 2 unspecified atom stereocenters. The highest BCUT2D eigenvalue weighted by Gasteiger charge is 2.34. The quantitative estimate of drug-likeness (QED) is 0.634. The minimum Gasteiger partial charge on any atom is -0.395 e. The summed E-state index contributed by atoms with van der Waals surface area (Å²) in [5.74, 6) is 1.21. The third-order valence-electron chi connectivity index (χ3n) is 2.71. The zero-order valence-electron chi connectivity index (χ0n) is 7.71. The average molecular weight is 168 g/mol. The third-order valence-corrected chi connectivity index (χ3v) is 2.71. The molecule has 0 bridgehead atoms. The van der Waals surface area contributed by atoms with Gasteiger partial charge < -0.3 is 10.2 Å². The number of piperidine rings is 1. The molecule has 2 rings (SSSR count). The highest BCUT2D eigenvalue weighted by atomic mass is 16.6. The van der Waals surface area contributed by atoms with Crippen LogP contribution in [0, 0.1) is 11.8 Å². The van der Waals surface area contributed by atoms with Crippen LogP contribution in [0.3, 0.4) is 0 Å². The average Bonchev–Trinajstić information content (AvgIpc) is 2.49. The van der Waals surface area contributed by atoms with Crippen LogP contribution in [0.1, 0.15) is 20.3 Å². The molecule has 0 aromatic heterocycles. The van der Waals surface area contributed by atoms with Crippen molar-refractivity contribution in [2.45, 2.75) is 26.3 Å². The fourth-order valence-corrected chi connectivity index (χ4v) is 2.00. The summed E-state index contributed by atoms with van der Waals surface area (Å²) in [4.78, 5) is 5.12. The van der Waals surface area contributed by atoms with Gasteiger partial charge in [0.2, 0.25) is 0 Å². The molecule has 12 heavy (non-hydrogen) atoms. The van der Waals surface area contributed by atoms with Crippen molar-refractivity contribution in [3.63, 3.8) is 0 Å². The second kappa shape index (κ2) is 3.05. The van der Waals surface area contributed by atoms with Gasteiger partial charge >= 0.3 is 0 Å². The van der Waals surface area contributed by atoms with E-state index < -0.39 is 0 Å². The first-order valence-electron chi connectivity index (χ1n) is 4.72. The zero-order valence-corrected chi connectivity index (χ0v) is 7.71. The van der Waals surface area contributed by atoms with E-state index in [9.17, 15) is 0 Å². The molecule has 68 valence electrons. The van der Waals surface area contributed by atoms with Crippen molar-refractivity contribution in [2.75, 3.05) is 13.2 Å². The van der Waals surface area contributed by atoms with E-state index in [1.165, 1.54) is 12.1 Å². The maximum atomic E-state index is 5.12. The highest BCUT2D eigenvalue weighted by Crippen LogP contribution is 2.23. The molecule has 0 spiro atoms. The molecule has 2 heterocycles. The summed E-state index contributed by atoms with van der Waals surface area (Å²) in [5, 5.41) is 7.59. The molecular formula is C9H16N2O. The topological polar surface area (TPSA) is 33.6 Å². The van der Waals surface area contributed by atoms with Crippen LogP contribution in [0.15, 0.2) is 5.16 Å². The van der Waals surface area contributed by atoms with E-state index in [0.717, 1.165) is 13.2 Å². The fourth-order valence-electron chi connectivity index (χ4n) is 2.00. The van der Waals surface area contributed by atoms with Gasteiger partial charge in [-0.25, -0.2) is 0 Å². The van der Waals surface area contributed by atoms with Gasteiger partial charge in [-0.05, 0) is 18.9 Å². The van der Waals surface area contributed by atoms with Gasteiger partial charge in [-0.15, -0.1) is 0 Å². The molecule has 1 saturated heterocycles. The van der Waals surface area contributed by atoms with Gasteiger partial charge in [0.15, 0.2) is 0 Å². The monoisotopic (exact) mass is 168 g/mol. The van der Waals surface area contributed by atoms with E-state index in [1.807, 2.05) is 0 Å².